The molecule has 0 atom stereocenters. The van der Waals surface area contributed by atoms with Gasteiger partial charge in [-0.05, 0) is 24.8 Å². The topological polar surface area (TPSA) is 97.1 Å². The number of pyridine rings is 1. The third-order valence-corrected chi connectivity index (χ3v) is 5.20. The second kappa shape index (κ2) is 7.01. The number of hydrazine groups is 1. The van der Waals surface area contributed by atoms with Crippen molar-refractivity contribution in [3.05, 3.63) is 18.3 Å². The molecule has 1 fully saturated rings. The first-order valence-corrected chi connectivity index (χ1v) is 8.52. The summed E-state index contributed by atoms with van der Waals surface area (Å²) >= 11 is 0. The van der Waals surface area contributed by atoms with Crippen LogP contribution in [-0.4, -0.2) is 19.9 Å². The molecule has 0 amide bonds. The molecule has 7 heteroatoms. The highest BCUT2D eigenvalue weighted by molar-refractivity contribution is 7.89. The van der Waals surface area contributed by atoms with Gasteiger partial charge in [-0.3, -0.25) is 0 Å². The molecule has 6 nitrogen and oxygen atoms in total. The third kappa shape index (κ3) is 4.16. The first kappa shape index (κ1) is 15.2. The number of anilines is 1. The SMILES string of the molecule is NNc1cc(S(=O)(=O)NCCCC2CCCC2)ccn1. The van der Waals surface area contributed by atoms with Crippen molar-refractivity contribution in [2.45, 2.75) is 43.4 Å². The molecule has 0 aliphatic heterocycles. The maximum absolute atomic E-state index is 12.1. The molecule has 1 aliphatic carbocycles. The maximum Gasteiger partial charge on any atom is 0.240 e. The molecular weight excluding hydrogens is 276 g/mol. The molecule has 1 heterocycles. The number of rotatable bonds is 7. The molecule has 2 rings (SSSR count). The number of nitrogens with one attached hydrogen (secondary N) is 2. The maximum atomic E-state index is 12.1. The normalized spacial score (nSPS) is 16.4. The Hall–Kier alpha value is -1.18. The van der Waals surface area contributed by atoms with Crippen LogP contribution in [0.15, 0.2) is 23.2 Å². The minimum atomic E-state index is -3.47. The van der Waals surface area contributed by atoms with Crippen molar-refractivity contribution < 1.29 is 8.42 Å². The number of hydrogen-bond donors (Lipinski definition) is 3. The Balaban J connectivity index is 1.83. The fourth-order valence-electron chi connectivity index (χ4n) is 2.64. The predicted molar refractivity (Wildman–Crippen MR) is 78.4 cm³/mol. The highest BCUT2D eigenvalue weighted by Crippen LogP contribution is 2.28. The lowest BCUT2D eigenvalue weighted by molar-refractivity contribution is 0.480. The monoisotopic (exact) mass is 298 g/mol. The van der Waals surface area contributed by atoms with E-state index >= 15 is 0 Å². The van der Waals surface area contributed by atoms with Crippen LogP contribution in [-0.2, 0) is 10.0 Å². The van der Waals surface area contributed by atoms with Gasteiger partial charge in [0.1, 0.15) is 5.82 Å². The molecule has 0 spiro atoms. The van der Waals surface area contributed by atoms with Crippen LogP contribution in [0.3, 0.4) is 0 Å². The Morgan fingerprint density at radius 2 is 2.10 bits per heavy atom. The number of sulfonamides is 1. The lowest BCUT2D eigenvalue weighted by Crippen LogP contribution is -2.25. The average Bonchev–Trinajstić information content (AvgIpc) is 2.97. The molecule has 0 bridgehead atoms. The van der Waals surface area contributed by atoms with Crippen LogP contribution in [0.2, 0.25) is 0 Å². The molecular formula is C13H22N4O2S. The fourth-order valence-corrected chi connectivity index (χ4v) is 3.72. The van der Waals surface area contributed by atoms with Crippen molar-refractivity contribution in [1.29, 1.82) is 0 Å². The van der Waals surface area contributed by atoms with Gasteiger partial charge in [-0.25, -0.2) is 24.0 Å². The summed E-state index contributed by atoms with van der Waals surface area (Å²) in [5, 5.41) is 0. The first-order chi connectivity index (χ1) is 9.62. The summed E-state index contributed by atoms with van der Waals surface area (Å²) in [6, 6.07) is 2.87. The second-order valence-electron chi connectivity index (χ2n) is 5.21. The van der Waals surface area contributed by atoms with E-state index in [4.69, 9.17) is 5.84 Å². The van der Waals surface area contributed by atoms with E-state index in [-0.39, 0.29) is 4.90 Å². The molecule has 1 aromatic heterocycles. The predicted octanol–water partition coefficient (Wildman–Crippen LogP) is 1.62. The van der Waals surface area contributed by atoms with Gasteiger partial charge in [0.25, 0.3) is 0 Å². The number of nitrogens with zero attached hydrogens (tertiary/aromatic N) is 1. The Bertz CT molecular complexity index is 527. The average molecular weight is 298 g/mol. The van der Waals surface area contributed by atoms with Crippen LogP contribution >= 0.6 is 0 Å². The molecule has 0 radical (unpaired) electrons. The smallest absolute Gasteiger partial charge is 0.240 e. The molecule has 4 N–H and O–H groups in total. The van der Waals surface area contributed by atoms with Crippen molar-refractivity contribution in [3.8, 4) is 0 Å². The van der Waals surface area contributed by atoms with E-state index in [1.165, 1.54) is 44.0 Å². The Morgan fingerprint density at radius 3 is 2.80 bits per heavy atom. The summed E-state index contributed by atoms with van der Waals surface area (Å²) in [6.07, 6.45) is 8.64. The van der Waals surface area contributed by atoms with E-state index in [9.17, 15) is 8.42 Å². The van der Waals surface area contributed by atoms with Gasteiger partial charge in [0.2, 0.25) is 10.0 Å². The third-order valence-electron chi connectivity index (χ3n) is 3.75. The van der Waals surface area contributed by atoms with Gasteiger partial charge in [0.05, 0.1) is 4.90 Å². The van der Waals surface area contributed by atoms with Gasteiger partial charge < -0.3 is 5.43 Å². The summed E-state index contributed by atoms with van der Waals surface area (Å²) < 4.78 is 26.8. The van der Waals surface area contributed by atoms with E-state index < -0.39 is 10.0 Å². The standard InChI is InChI=1S/C13H22N4O2S/c14-17-13-10-12(7-9-15-13)20(18,19)16-8-3-6-11-4-1-2-5-11/h7,9-11,16H,1-6,8,14H2,(H,15,17). The van der Waals surface area contributed by atoms with Crippen molar-refractivity contribution in [2.24, 2.45) is 11.8 Å². The molecule has 1 aromatic rings. The van der Waals surface area contributed by atoms with Gasteiger partial charge in [-0.1, -0.05) is 25.7 Å². The highest BCUT2D eigenvalue weighted by Gasteiger charge is 2.16. The lowest BCUT2D eigenvalue weighted by Gasteiger charge is -2.10. The largest absolute Gasteiger partial charge is 0.308 e. The molecule has 112 valence electrons. The summed E-state index contributed by atoms with van der Waals surface area (Å²) in [6.45, 7) is 0.479. The quantitative estimate of drug-likeness (QED) is 0.404. The lowest BCUT2D eigenvalue weighted by atomic mass is 10.0. The van der Waals surface area contributed by atoms with Crippen LogP contribution in [0.4, 0.5) is 5.82 Å². The van der Waals surface area contributed by atoms with Crippen molar-refractivity contribution in [1.82, 2.24) is 9.71 Å². The molecule has 0 saturated heterocycles. The highest BCUT2D eigenvalue weighted by atomic mass is 32.2. The minimum absolute atomic E-state index is 0.182. The first-order valence-electron chi connectivity index (χ1n) is 7.04. The van der Waals surface area contributed by atoms with E-state index in [0.717, 1.165) is 18.8 Å². The number of nitrogen functional groups attached to an aromatic ring is 1. The molecule has 0 unspecified atom stereocenters. The van der Waals surface area contributed by atoms with Crippen molar-refractivity contribution >= 4 is 15.8 Å². The Labute approximate surface area is 120 Å². The summed E-state index contributed by atoms with van der Waals surface area (Å²) in [5.41, 5.74) is 2.34. The van der Waals surface area contributed by atoms with Crippen LogP contribution in [0.1, 0.15) is 38.5 Å². The van der Waals surface area contributed by atoms with Crippen molar-refractivity contribution in [2.75, 3.05) is 12.0 Å². The van der Waals surface area contributed by atoms with Crippen LogP contribution in [0.5, 0.6) is 0 Å². The van der Waals surface area contributed by atoms with Crippen LogP contribution in [0.25, 0.3) is 0 Å². The zero-order valence-corrected chi connectivity index (χ0v) is 12.3. The Kier molecular flexibility index (Phi) is 5.33. The number of nitrogens with two attached hydrogens (primary N) is 1. The van der Waals surface area contributed by atoms with Crippen LogP contribution < -0.4 is 16.0 Å². The van der Waals surface area contributed by atoms with Crippen LogP contribution in [0, 0.1) is 5.92 Å². The fraction of sp³-hybridized carbons (Fsp3) is 0.615. The molecule has 0 aromatic carbocycles. The van der Waals surface area contributed by atoms with Gasteiger partial charge in [-0.2, -0.15) is 0 Å². The van der Waals surface area contributed by atoms with E-state index in [1.807, 2.05) is 0 Å². The zero-order chi connectivity index (χ0) is 14.4. The van der Waals surface area contributed by atoms with Gasteiger partial charge in [-0.15, -0.1) is 0 Å². The van der Waals surface area contributed by atoms with Gasteiger partial charge in [0.15, 0.2) is 0 Å². The zero-order valence-electron chi connectivity index (χ0n) is 11.5. The van der Waals surface area contributed by atoms with Gasteiger partial charge in [0, 0.05) is 18.8 Å². The van der Waals surface area contributed by atoms with E-state index in [2.05, 4.69) is 15.1 Å². The number of hydrogen-bond acceptors (Lipinski definition) is 5. The summed E-state index contributed by atoms with van der Waals surface area (Å²) in [4.78, 5) is 4.07. The minimum Gasteiger partial charge on any atom is -0.308 e. The van der Waals surface area contributed by atoms with E-state index in [1.54, 1.807) is 0 Å². The second-order valence-corrected chi connectivity index (χ2v) is 6.98. The molecule has 1 aliphatic rings. The summed E-state index contributed by atoms with van der Waals surface area (Å²) in [5.74, 6) is 6.34. The molecule has 20 heavy (non-hydrogen) atoms. The summed E-state index contributed by atoms with van der Waals surface area (Å²) in [7, 11) is -3.47. The van der Waals surface area contributed by atoms with Crippen molar-refractivity contribution in [3.63, 3.8) is 0 Å². The van der Waals surface area contributed by atoms with E-state index in [0.29, 0.717) is 12.4 Å². The van der Waals surface area contributed by atoms with Gasteiger partial charge >= 0.3 is 0 Å². The Morgan fingerprint density at radius 1 is 1.35 bits per heavy atom. The molecule has 1 saturated carbocycles. The number of aromatic nitrogens is 1.